The second kappa shape index (κ2) is 4.15. The lowest BCUT2D eigenvalue weighted by Crippen LogP contribution is -2.50. The monoisotopic (exact) mass is 265 g/mol. The summed E-state index contributed by atoms with van der Waals surface area (Å²) in [6.07, 6.45) is -0.230. The molecule has 0 unspecified atom stereocenters. The molecule has 96 valence electrons. The molecule has 0 aliphatic carbocycles. The van der Waals surface area contributed by atoms with Gasteiger partial charge in [-0.1, -0.05) is 0 Å². The van der Waals surface area contributed by atoms with Crippen LogP contribution in [0, 0.1) is 13.8 Å². The van der Waals surface area contributed by atoms with Crippen LogP contribution in [0.2, 0.25) is 0 Å². The van der Waals surface area contributed by atoms with E-state index in [2.05, 4.69) is 14.9 Å². The molecule has 0 radical (unpaired) electrons. The molecule has 2 aromatic rings. The van der Waals surface area contributed by atoms with Gasteiger partial charge in [0.05, 0.1) is 18.0 Å². The first kappa shape index (κ1) is 11.8. The minimum Gasteiger partial charge on any atom is -0.390 e. The zero-order valence-corrected chi connectivity index (χ0v) is 11.2. The second-order valence-electron chi connectivity index (χ2n) is 4.82. The van der Waals surface area contributed by atoms with E-state index in [1.807, 2.05) is 13.8 Å². The molecule has 0 spiro atoms. The summed E-state index contributed by atoms with van der Waals surface area (Å²) in [4.78, 5) is 23.4. The van der Waals surface area contributed by atoms with Crippen molar-refractivity contribution < 1.29 is 5.11 Å². The van der Waals surface area contributed by atoms with Crippen molar-refractivity contribution in [3.8, 4) is 0 Å². The Hall–Kier alpha value is -1.24. The molecule has 18 heavy (non-hydrogen) atoms. The summed E-state index contributed by atoms with van der Waals surface area (Å²) < 4.78 is 0. The average Bonchev–Trinajstić information content (AvgIpc) is 2.53. The van der Waals surface area contributed by atoms with Crippen LogP contribution in [0.3, 0.4) is 0 Å². The van der Waals surface area contributed by atoms with E-state index in [1.165, 1.54) is 0 Å². The van der Waals surface area contributed by atoms with Crippen molar-refractivity contribution in [3.05, 3.63) is 26.6 Å². The highest BCUT2D eigenvalue weighted by atomic mass is 32.1. The number of H-pyrrole nitrogens is 1. The van der Waals surface area contributed by atoms with E-state index in [0.29, 0.717) is 30.8 Å². The molecule has 2 N–H and O–H groups in total. The van der Waals surface area contributed by atoms with Gasteiger partial charge in [-0.3, -0.25) is 9.69 Å². The maximum Gasteiger partial charge on any atom is 0.259 e. The number of hydrogen-bond acceptors (Lipinski definition) is 5. The largest absolute Gasteiger partial charge is 0.390 e. The van der Waals surface area contributed by atoms with E-state index in [1.54, 1.807) is 11.3 Å². The van der Waals surface area contributed by atoms with Crippen LogP contribution in [0.15, 0.2) is 4.79 Å². The summed E-state index contributed by atoms with van der Waals surface area (Å²) in [7, 11) is 0. The zero-order chi connectivity index (χ0) is 12.9. The van der Waals surface area contributed by atoms with E-state index in [4.69, 9.17) is 0 Å². The zero-order valence-electron chi connectivity index (χ0n) is 10.4. The number of aromatic nitrogens is 2. The smallest absolute Gasteiger partial charge is 0.259 e. The summed E-state index contributed by atoms with van der Waals surface area (Å²) >= 11 is 1.56. The first-order chi connectivity index (χ1) is 8.54. The highest BCUT2D eigenvalue weighted by Crippen LogP contribution is 2.25. The highest BCUT2D eigenvalue weighted by Gasteiger charge is 2.25. The molecule has 0 bridgehead atoms. The second-order valence-corrected chi connectivity index (χ2v) is 6.03. The molecule has 5 nitrogen and oxygen atoms in total. The molecular formula is C12H15N3O2S. The van der Waals surface area contributed by atoms with Crippen molar-refractivity contribution in [2.75, 3.05) is 13.1 Å². The number of aryl methyl sites for hydroxylation is 2. The van der Waals surface area contributed by atoms with Crippen LogP contribution in [0.1, 0.15) is 16.3 Å². The Bertz CT molecular complexity index is 655. The third kappa shape index (κ3) is 1.86. The predicted molar refractivity (Wildman–Crippen MR) is 71.0 cm³/mol. The normalized spacial score (nSPS) is 17.3. The summed E-state index contributed by atoms with van der Waals surface area (Å²) in [6, 6.07) is 0. The lowest BCUT2D eigenvalue weighted by atomic mass is 10.2. The van der Waals surface area contributed by atoms with Gasteiger partial charge in [0.2, 0.25) is 0 Å². The van der Waals surface area contributed by atoms with Crippen LogP contribution in [0.25, 0.3) is 10.2 Å². The molecule has 1 fully saturated rings. The van der Waals surface area contributed by atoms with E-state index in [9.17, 15) is 9.90 Å². The van der Waals surface area contributed by atoms with Gasteiger partial charge in [-0.05, 0) is 19.4 Å². The summed E-state index contributed by atoms with van der Waals surface area (Å²) in [5, 5.41) is 9.94. The van der Waals surface area contributed by atoms with E-state index in [-0.39, 0.29) is 11.7 Å². The predicted octanol–water partition coefficient (Wildman–Crippen LogP) is 0.778. The molecule has 1 aliphatic heterocycles. The average molecular weight is 265 g/mol. The Kier molecular flexibility index (Phi) is 2.73. The SMILES string of the molecule is Cc1sc2nc(CN3CC(O)C3)[nH]c(=O)c2c1C. The molecule has 1 aliphatic rings. The minimum absolute atomic E-state index is 0.0575. The lowest BCUT2D eigenvalue weighted by Gasteiger charge is -2.35. The molecule has 0 amide bonds. The molecule has 0 atom stereocenters. The van der Waals surface area contributed by atoms with Gasteiger partial charge in [-0.25, -0.2) is 4.98 Å². The molecule has 3 heterocycles. The van der Waals surface area contributed by atoms with Gasteiger partial charge >= 0.3 is 0 Å². The number of rotatable bonds is 2. The summed E-state index contributed by atoms with van der Waals surface area (Å²) in [5.41, 5.74) is 0.965. The molecule has 6 heteroatoms. The fourth-order valence-corrected chi connectivity index (χ4v) is 3.31. The summed E-state index contributed by atoms with van der Waals surface area (Å²) in [5.74, 6) is 0.681. The van der Waals surface area contributed by atoms with Crippen LogP contribution < -0.4 is 5.56 Å². The fourth-order valence-electron chi connectivity index (χ4n) is 2.26. The molecule has 0 saturated carbocycles. The van der Waals surface area contributed by atoms with Crippen LogP contribution >= 0.6 is 11.3 Å². The lowest BCUT2D eigenvalue weighted by molar-refractivity contribution is -0.00425. The standard InChI is InChI=1S/C12H15N3O2S/c1-6-7(2)18-12-10(6)11(17)13-9(14-12)5-15-3-8(16)4-15/h8,16H,3-5H2,1-2H3,(H,13,14,17). The Morgan fingerprint density at radius 1 is 1.50 bits per heavy atom. The molecular weight excluding hydrogens is 250 g/mol. The first-order valence-corrected chi connectivity index (χ1v) is 6.75. The number of nitrogens with one attached hydrogen (secondary N) is 1. The van der Waals surface area contributed by atoms with Gasteiger partial charge in [0.15, 0.2) is 0 Å². The highest BCUT2D eigenvalue weighted by molar-refractivity contribution is 7.18. The fraction of sp³-hybridized carbons (Fsp3) is 0.500. The number of aromatic amines is 1. The number of β-amino-alcohol motifs (C(OH)–C–C–N with tert-alkyl or cyclic N) is 1. The number of fused-ring (bicyclic) bond motifs is 1. The van der Waals surface area contributed by atoms with Crippen LogP contribution in [-0.4, -0.2) is 39.2 Å². The van der Waals surface area contributed by atoms with E-state index >= 15 is 0 Å². The first-order valence-electron chi connectivity index (χ1n) is 5.94. The maximum absolute atomic E-state index is 12.0. The number of aliphatic hydroxyl groups excluding tert-OH is 1. The van der Waals surface area contributed by atoms with Gasteiger partial charge in [0.1, 0.15) is 10.7 Å². The number of aliphatic hydroxyl groups is 1. The van der Waals surface area contributed by atoms with E-state index < -0.39 is 0 Å². The van der Waals surface area contributed by atoms with Crippen molar-refractivity contribution in [1.29, 1.82) is 0 Å². The Labute approximate surface area is 108 Å². The number of likely N-dealkylation sites (tertiary alicyclic amines) is 1. The van der Waals surface area contributed by atoms with Gasteiger partial charge < -0.3 is 10.1 Å². The van der Waals surface area contributed by atoms with Crippen molar-refractivity contribution in [1.82, 2.24) is 14.9 Å². The van der Waals surface area contributed by atoms with Gasteiger partial charge in [0.25, 0.3) is 5.56 Å². The quantitative estimate of drug-likeness (QED) is 0.842. The van der Waals surface area contributed by atoms with Crippen LogP contribution in [0.4, 0.5) is 0 Å². The van der Waals surface area contributed by atoms with Crippen molar-refractivity contribution >= 4 is 21.6 Å². The van der Waals surface area contributed by atoms with Crippen molar-refractivity contribution in [2.45, 2.75) is 26.5 Å². The topological polar surface area (TPSA) is 69.2 Å². The Morgan fingerprint density at radius 3 is 2.89 bits per heavy atom. The Balaban J connectivity index is 1.97. The van der Waals surface area contributed by atoms with Crippen molar-refractivity contribution in [2.24, 2.45) is 0 Å². The Morgan fingerprint density at radius 2 is 2.22 bits per heavy atom. The molecule has 2 aromatic heterocycles. The van der Waals surface area contributed by atoms with Gasteiger partial charge in [-0.2, -0.15) is 0 Å². The van der Waals surface area contributed by atoms with E-state index in [0.717, 1.165) is 15.3 Å². The van der Waals surface area contributed by atoms with Crippen LogP contribution in [-0.2, 0) is 6.54 Å². The number of nitrogens with zero attached hydrogens (tertiary/aromatic N) is 2. The maximum atomic E-state index is 12.0. The molecule has 0 aromatic carbocycles. The molecule has 1 saturated heterocycles. The third-order valence-corrected chi connectivity index (χ3v) is 4.50. The van der Waals surface area contributed by atoms with Crippen LogP contribution in [0.5, 0.6) is 0 Å². The molecule has 3 rings (SSSR count). The number of thiophene rings is 1. The van der Waals surface area contributed by atoms with Crippen molar-refractivity contribution in [3.63, 3.8) is 0 Å². The van der Waals surface area contributed by atoms with Gasteiger partial charge in [-0.15, -0.1) is 11.3 Å². The third-order valence-electron chi connectivity index (χ3n) is 3.40. The minimum atomic E-state index is -0.230. The van der Waals surface area contributed by atoms with Gasteiger partial charge in [0, 0.05) is 18.0 Å². The summed E-state index contributed by atoms with van der Waals surface area (Å²) in [6.45, 7) is 5.87. The number of hydrogen-bond donors (Lipinski definition) is 2.